The number of para-hydroxylation sites is 1. The molecule has 2 nitrogen and oxygen atoms in total. The van der Waals surface area contributed by atoms with E-state index < -0.39 is 0 Å². The molecule has 4 aromatic rings. The summed E-state index contributed by atoms with van der Waals surface area (Å²) in [5, 5.41) is 16.4. The predicted molar refractivity (Wildman–Crippen MR) is 104 cm³/mol. The van der Waals surface area contributed by atoms with E-state index in [2.05, 4.69) is 29.6 Å². The molecule has 2 N–H and O–H groups in total. The van der Waals surface area contributed by atoms with E-state index in [1.165, 1.54) is 0 Å². The van der Waals surface area contributed by atoms with Crippen molar-refractivity contribution in [3.05, 3.63) is 108 Å². The Morgan fingerprint density at radius 1 is 0.640 bits per heavy atom. The van der Waals surface area contributed by atoms with Crippen molar-refractivity contribution in [3.8, 4) is 5.75 Å². The van der Waals surface area contributed by atoms with Crippen LogP contribution in [-0.2, 0) is 0 Å². The zero-order chi connectivity index (χ0) is 17.1. The van der Waals surface area contributed by atoms with Crippen molar-refractivity contribution in [1.82, 2.24) is 0 Å². The molecule has 0 bridgehead atoms. The zero-order valence-electron chi connectivity index (χ0n) is 13.8. The second-order valence-corrected chi connectivity index (χ2v) is 6.07. The minimum absolute atomic E-state index is 0.144. The number of hydrogen-bond donors (Lipinski definition) is 2. The zero-order valence-corrected chi connectivity index (χ0v) is 13.8. The summed E-state index contributed by atoms with van der Waals surface area (Å²) >= 11 is 0. The summed E-state index contributed by atoms with van der Waals surface area (Å²) in [5.74, 6) is 0.302. The maximum absolute atomic E-state index is 10.7. The fourth-order valence-electron chi connectivity index (χ4n) is 3.26. The van der Waals surface area contributed by atoms with E-state index in [4.69, 9.17) is 0 Å². The Kier molecular flexibility index (Phi) is 4.09. The van der Waals surface area contributed by atoms with Crippen molar-refractivity contribution >= 4 is 16.5 Å². The van der Waals surface area contributed by atoms with Crippen molar-refractivity contribution in [2.24, 2.45) is 0 Å². The quantitative estimate of drug-likeness (QED) is 0.501. The highest BCUT2D eigenvalue weighted by Crippen LogP contribution is 2.37. The van der Waals surface area contributed by atoms with Gasteiger partial charge in [-0.3, -0.25) is 0 Å². The molecule has 4 aromatic carbocycles. The molecule has 0 saturated heterocycles. The Bertz CT molecular complexity index is 981. The molecule has 1 atom stereocenters. The van der Waals surface area contributed by atoms with Gasteiger partial charge >= 0.3 is 0 Å². The average molecular weight is 325 g/mol. The number of phenols is 1. The molecule has 0 aliphatic heterocycles. The van der Waals surface area contributed by atoms with Crippen molar-refractivity contribution in [1.29, 1.82) is 0 Å². The molecule has 0 spiro atoms. The van der Waals surface area contributed by atoms with Crippen molar-refractivity contribution in [2.75, 3.05) is 5.32 Å². The summed E-state index contributed by atoms with van der Waals surface area (Å²) in [5.41, 5.74) is 3.02. The van der Waals surface area contributed by atoms with E-state index in [-0.39, 0.29) is 6.04 Å². The van der Waals surface area contributed by atoms with E-state index in [9.17, 15) is 5.11 Å². The number of fused-ring (bicyclic) bond motifs is 1. The van der Waals surface area contributed by atoms with Crippen molar-refractivity contribution in [2.45, 2.75) is 6.04 Å². The lowest BCUT2D eigenvalue weighted by Crippen LogP contribution is -2.13. The number of aromatic hydroxyl groups is 1. The van der Waals surface area contributed by atoms with Gasteiger partial charge in [-0.2, -0.15) is 0 Å². The van der Waals surface area contributed by atoms with Gasteiger partial charge in [-0.25, -0.2) is 0 Å². The number of hydrogen-bond acceptors (Lipinski definition) is 2. The van der Waals surface area contributed by atoms with Gasteiger partial charge in [-0.15, -0.1) is 0 Å². The number of phenolic OH excluding ortho intramolecular Hbond substituents is 1. The summed E-state index contributed by atoms with van der Waals surface area (Å²) in [7, 11) is 0. The van der Waals surface area contributed by atoms with Crippen LogP contribution in [0.1, 0.15) is 17.2 Å². The Morgan fingerprint density at radius 3 is 2.04 bits per heavy atom. The maximum atomic E-state index is 10.7. The highest BCUT2D eigenvalue weighted by atomic mass is 16.3. The van der Waals surface area contributed by atoms with Crippen LogP contribution in [0.15, 0.2) is 97.1 Å². The maximum Gasteiger partial charge on any atom is 0.121 e. The van der Waals surface area contributed by atoms with Gasteiger partial charge < -0.3 is 10.4 Å². The van der Waals surface area contributed by atoms with Crippen LogP contribution in [0, 0.1) is 0 Å². The average Bonchev–Trinajstić information content (AvgIpc) is 2.68. The van der Waals surface area contributed by atoms with E-state index in [1.54, 1.807) is 6.07 Å². The van der Waals surface area contributed by atoms with Crippen LogP contribution < -0.4 is 5.32 Å². The van der Waals surface area contributed by atoms with Gasteiger partial charge in [0.2, 0.25) is 0 Å². The minimum atomic E-state index is -0.144. The number of anilines is 1. The Morgan fingerprint density at radius 2 is 1.28 bits per heavy atom. The molecule has 0 fully saturated rings. The first-order chi connectivity index (χ1) is 12.3. The minimum Gasteiger partial charge on any atom is -0.508 e. The van der Waals surface area contributed by atoms with Gasteiger partial charge in [-0.1, -0.05) is 78.9 Å². The van der Waals surface area contributed by atoms with Crippen LogP contribution in [0.3, 0.4) is 0 Å². The fraction of sp³-hybridized carbons (Fsp3) is 0.0435. The summed E-state index contributed by atoms with van der Waals surface area (Å²) in [4.78, 5) is 0. The third-order valence-corrected chi connectivity index (χ3v) is 4.45. The summed E-state index contributed by atoms with van der Waals surface area (Å²) in [6.07, 6.45) is 0. The smallest absolute Gasteiger partial charge is 0.121 e. The summed E-state index contributed by atoms with van der Waals surface area (Å²) < 4.78 is 0. The number of rotatable bonds is 4. The van der Waals surface area contributed by atoms with Crippen LogP contribution in [0.25, 0.3) is 10.8 Å². The van der Waals surface area contributed by atoms with E-state index >= 15 is 0 Å². The fourth-order valence-corrected chi connectivity index (χ4v) is 3.26. The summed E-state index contributed by atoms with van der Waals surface area (Å²) in [6, 6.07) is 32.1. The van der Waals surface area contributed by atoms with E-state index in [0.717, 1.165) is 27.6 Å². The third kappa shape index (κ3) is 3.07. The van der Waals surface area contributed by atoms with E-state index in [1.807, 2.05) is 66.7 Å². The number of nitrogens with one attached hydrogen (secondary N) is 1. The van der Waals surface area contributed by atoms with E-state index in [0.29, 0.717) is 5.75 Å². The van der Waals surface area contributed by atoms with Crippen LogP contribution in [0.4, 0.5) is 5.69 Å². The third-order valence-electron chi connectivity index (χ3n) is 4.45. The molecule has 0 aliphatic carbocycles. The summed E-state index contributed by atoms with van der Waals surface area (Å²) in [6.45, 7) is 0. The Balaban J connectivity index is 1.91. The first-order valence-corrected chi connectivity index (χ1v) is 8.40. The lowest BCUT2D eigenvalue weighted by Gasteiger charge is -2.23. The van der Waals surface area contributed by atoms with Crippen LogP contribution >= 0.6 is 0 Å². The molecule has 0 saturated carbocycles. The predicted octanol–water partition coefficient (Wildman–Crippen LogP) is 5.75. The normalized spacial score (nSPS) is 12.0. The van der Waals surface area contributed by atoms with Crippen LogP contribution in [0.5, 0.6) is 5.75 Å². The van der Waals surface area contributed by atoms with Crippen LogP contribution in [-0.4, -0.2) is 5.11 Å². The molecule has 4 rings (SSSR count). The molecule has 0 heterocycles. The molecule has 0 aliphatic rings. The second kappa shape index (κ2) is 6.70. The van der Waals surface area contributed by atoms with Crippen LogP contribution in [0.2, 0.25) is 0 Å². The Hall–Kier alpha value is -3.26. The standard InChI is InChI=1S/C23H19NO/c25-21-16-15-17-9-7-8-14-20(17)22(21)23(18-10-3-1-4-11-18)24-19-12-5-2-6-13-19/h1-16,23-25H. The number of benzene rings is 4. The van der Waals surface area contributed by atoms with Gasteiger partial charge in [0.1, 0.15) is 5.75 Å². The highest BCUT2D eigenvalue weighted by Gasteiger charge is 2.20. The highest BCUT2D eigenvalue weighted by molar-refractivity contribution is 5.89. The molecule has 0 radical (unpaired) electrons. The molecule has 2 heteroatoms. The van der Waals surface area contributed by atoms with Crippen molar-refractivity contribution < 1.29 is 5.11 Å². The van der Waals surface area contributed by atoms with Gasteiger partial charge in [0.25, 0.3) is 0 Å². The lowest BCUT2D eigenvalue weighted by molar-refractivity contribution is 0.468. The van der Waals surface area contributed by atoms with Gasteiger partial charge in [-0.05, 0) is 34.5 Å². The monoisotopic (exact) mass is 325 g/mol. The molecule has 0 aromatic heterocycles. The van der Waals surface area contributed by atoms with Gasteiger partial charge in [0.05, 0.1) is 6.04 Å². The van der Waals surface area contributed by atoms with Gasteiger partial charge in [0, 0.05) is 11.3 Å². The SMILES string of the molecule is Oc1ccc2ccccc2c1C(Nc1ccccc1)c1ccccc1. The van der Waals surface area contributed by atoms with Gasteiger partial charge in [0.15, 0.2) is 0 Å². The molecular weight excluding hydrogens is 306 g/mol. The largest absolute Gasteiger partial charge is 0.508 e. The Labute approximate surface area is 147 Å². The molecule has 25 heavy (non-hydrogen) atoms. The first kappa shape index (κ1) is 15.3. The topological polar surface area (TPSA) is 32.3 Å². The van der Waals surface area contributed by atoms with Crippen molar-refractivity contribution in [3.63, 3.8) is 0 Å². The molecule has 122 valence electrons. The first-order valence-electron chi connectivity index (χ1n) is 8.40. The molecule has 0 amide bonds. The lowest BCUT2D eigenvalue weighted by atomic mass is 9.92. The second-order valence-electron chi connectivity index (χ2n) is 6.07. The molecule has 1 unspecified atom stereocenters. The molecular formula is C23H19NO.